The average molecular weight is 256 g/mol. The molecule has 2 aromatic carbocycles. The number of fused-ring (bicyclic) bond motifs is 1. The monoisotopic (exact) mass is 256 g/mol. The van der Waals surface area contributed by atoms with Crippen LogP contribution in [-0.4, -0.2) is 11.9 Å². The van der Waals surface area contributed by atoms with Gasteiger partial charge in [0.15, 0.2) is 0 Å². The van der Waals surface area contributed by atoms with Crippen LogP contribution in [0.5, 0.6) is 0 Å². The van der Waals surface area contributed by atoms with Gasteiger partial charge in [-0.2, -0.15) is 0 Å². The van der Waals surface area contributed by atoms with E-state index in [0.29, 0.717) is 6.54 Å². The van der Waals surface area contributed by atoms with E-state index in [1.54, 1.807) is 0 Å². The minimum absolute atomic E-state index is 0.00272. The molecule has 0 saturated carbocycles. The Morgan fingerprint density at radius 3 is 2.58 bits per heavy atom. The van der Waals surface area contributed by atoms with Gasteiger partial charge in [-0.25, -0.2) is 0 Å². The third-order valence-corrected chi connectivity index (χ3v) is 3.54. The van der Waals surface area contributed by atoms with Gasteiger partial charge in [0.05, 0.1) is 0 Å². The van der Waals surface area contributed by atoms with Gasteiger partial charge in [-0.1, -0.05) is 49.4 Å². The molecule has 0 aliphatic carbocycles. The SMILES string of the molecule is CC(N)C(C)C(=O)NCc1cccc2ccccc12. The van der Waals surface area contributed by atoms with Crippen molar-refractivity contribution in [3.8, 4) is 0 Å². The Balaban J connectivity index is 2.12. The summed E-state index contributed by atoms with van der Waals surface area (Å²) in [6.07, 6.45) is 0. The maximum Gasteiger partial charge on any atom is 0.224 e. The zero-order chi connectivity index (χ0) is 13.8. The number of carbonyl (C=O) groups excluding carboxylic acids is 1. The number of nitrogens with one attached hydrogen (secondary N) is 1. The standard InChI is InChI=1S/C16H20N2O/c1-11(12(2)17)16(19)18-10-14-8-5-7-13-6-3-4-9-15(13)14/h3-9,11-12H,10,17H2,1-2H3,(H,18,19). The molecular formula is C16H20N2O. The molecule has 100 valence electrons. The lowest BCUT2D eigenvalue weighted by atomic mass is 10.0. The van der Waals surface area contributed by atoms with Crippen LogP contribution >= 0.6 is 0 Å². The van der Waals surface area contributed by atoms with E-state index in [9.17, 15) is 4.79 Å². The number of carbonyl (C=O) groups is 1. The molecule has 3 heteroatoms. The van der Waals surface area contributed by atoms with Crippen LogP contribution in [0.1, 0.15) is 19.4 Å². The van der Waals surface area contributed by atoms with Crippen LogP contribution in [0.25, 0.3) is 10.8 Å². The van der Waals surface area contributed by atoms with E-state index in [4.69, 9.17) is 5.73 Å². The van der Waals surface area contributed by atoms with E-state index in [1.807, 2.05) is 38.1 Å². The summed E-state index contributed by atoms with van der Waals surface area (Å²) in [4.78, 5) is 11.9. The minimum Gasteiger partial charge on any atom is -0.352 e. The van der Waals surface area contributed by atoms with Crippen LogP contribution in [0.2, 0.25) is 0 Å². The van der Waals surface area contributed by atoms with Gasteiger partial charge in [-0.15, -0.1) is 0 Å². The molecule has 2 rings (SSSR count). The maximum atomic E-state index is 11.9. The van der Waals surface area contributed by atoms with Crippen LogP contribution in [-0.2, 0) is 11.3 Å². The summed E-state index contributed by atoms with van der Waals surface area (Å²) in [5, 5.41) is 5.32. The van der Waals surface area contributed by atoms with E-state index < -0.39 is 0 Å². The molecule has 0 aliphatic rings. The molecule has 0 spiro atoms. The fourth-order valence-electron chi connectivity index (χ4n) is 2.03. The largest absolute Gasteiger partial charge is 0.352 e. The molecular weight excluding hydrogens is 236 g/mol. The van der Waals surface area contributed by atoms with Crippen LogP contribution < -0.4 is 11.1 Å². The van der Waals surface area contributed by atoms with E-state index >= 15 is 0 Å². The van der Waals surface area contributed by atoms with E-state index in [-0.39, 0.29) is 17.9 Å². The van der Waals surface area contributed by atoms with Gasteiger partial charge < -0.3 is 11.1 Å². The zero-order valence-corrected chi connectivity index (χ0v) is 11.4. The van der Waals surface area contributed by atoms with E-state index in [0.717, 1.165) is 5.56 Å². The third-order valence-electron chi connectivity index (χ3n) is 3.54. The second-order valence-corrected chi connectivity index (χ2v) is 5.00. The minimum atomic E-state index is -0.171. The van der Waals surface area contributed by atoms with Crippen LogP contribution in [0.4, 0.5) is 0 Å². The number of rotatable bonds is 4. The summed E-state index contributed by atoms with van der Waals surface area (Å²) in [5.74, 6) is -0.169. The van der Waals surface area contributed by atoms with Crippen molar-refractivity contribution in [3.63, 3.8) is 0 Å². The van der Waals surface area contributed by atoms with E-state index in [1.165, 1.54) is 10.8 Å². The highest BCUT2D eigenvalue weighted by atomic mass is 16.1. The highest BCUT2D eigenvalue weighted by Gasteiger charge is 2.16. The fraction of sp³-hybridized carbons (Fsp3) is 0.312. The van der Waals surface area contributed by atoms with Crippen molar-refractivity contribution in [3.05, 3.63) is 48.0 Å². The molecule has 0 radical (unpaired) electrons. The molecule has 0 saturated heterocycles. The topological polar surface area (TPSA) is 55.1 Å². The summed E-state index contributed by atoms with van der Waals surface area (Å²) < 4.78 is 0. The van der Waals surface area contributed by atoms with Crippen molar-refractivity contribution in [2.24, 2.45) is 11.7 Å². The molecule has 0 bridgehead atoms. The van der Waals surface area contributed by atoms with Crippen molar-refractivity contribution in [1.29, 1.82) is 0 Å². The maximum absolute atomic E-state index is 11.9. The van der Waals surface area contributed by atoms with Crippen LogP contribution in [0, 0.1) is 5.92 Å². The predicted octanol–water partition coefficient (Wildman–Crippen LogP) is 2.44. The Morgan fingerprint density at radius 1 is 1.16 bits per heavy atom. The summed E-state index contributed by atoms with van der Waals surface area (Å²) in [6, 6.07) is 14.2. The molecule has 0 heterocycles. The Hall–Kier alpha value is -1.87. The van der Waals surface area contributed by atoms with Gasteiger partial charge in [0.25, 0.3) is 0 Å². The summed E-state index contributed by atoms with van der Waals surface area (Å²) in [6.45, 7) is 4.24. The lowest BCUT2D eigenvalue weighted by molar-refractivity contribution is -0.125. The third kappa shape index (κ3) is 3.12. The van der Waals surface area contributed by atoms with Crippen molar-refractivity contribution in [2.75, 3.05) is 0 Å². The second-order valence-electron chi connectivity index (χ2n) is 5.00. The van der Waals surface area contributed by atoms with Crippen molar-refractivity contribution in [1.82, 2.24) is 5.32 Å². The molecule has 2 atom stereocenters. The van der Waals surface area contributed by atoms with Gasteiger partial charge in [-0.05, 0) is 23.3 Å². The zero-order valence-electron chi connectivity index (χ0n) is 11.4. The first kappa shape index (κ1) is 13.6. The van der Waals surface area contributed by atoms with Crippen molar-refractivity contribution in [2.45, 2.75) is 26.4 Å². The Bertz CT molecular complexity index is 572. The highest BCUT2D eigenvalue weighted by molar-refractivity contribution is 5.86. The molecule has 0 aromatic heterocycles. The number of benzene rings is 2. The smallest absolute Gasteiger partial charge is 0.224 e. The van der Waals surface area contributed by atoms with Gasteiger partial charge in [0.2, 0.25) is 5.91 Å². The predicted molar refractivity (Wildman–Crippen MR) is 78.6 cm³/mol. The van der Waals surface area contributed by atoms with Gasteiger partial charge in [-0.3, -0.25) is 4.79 Å². The molecule has 1 amide bonds. The number of hydrogen-bond donors (Lipinski definition) is 2. The summed E-state index contributed by atoms with van der Waals surface area (Å²) >= 11 is 0. The molecule has 0 aliphatic heterocycles. The normalized spacial score (nSPS) is 14.1. The van der Waals surface area contributed by atoms with Crippen molar-refractivity contribution >= 4 is 16.7 Å². The van der Waals surface area contributed by atoms with Gasteiger partial charge >= 0.3 is 0 Å². The Morgan fingerprint density at radius 2 is 1.84 bits per heavy atom. The molecule has 2 aromatic rings. The fourth-order valence-corrected chi connectivity index (χ4v) is 2.03. The number of nitrogens with two attached hydrogens (primary N) is 1. The number of amides is 1. The van der Waals surface area contributed by atoms with Gasteiger partial charge in [0.1, 0.15) is 0 Å². The van der Waals surface area contributed by atoms with Crippen molar-refractivity contribution < 1.29 is 4.79 Å². The number of hydrogen-bond acceptors (Lipinski definition) is 2. The summed E-state index contributed by atoms with van der Waals surface area (Å²) in [5.41, 5.74) is 6.86. The van der Waals surface area contributed by atoms with Crippen LogP contribution in [0.3, 0.4) is 0 Å². The molecule has 3 N–H and O–H groups in total. The highest BCUT2D eigenvalue weighted by Crippen LogP contribution is 2.18. The first-order valence-corrected chi connectivity index (χ1v) is 6.59. The average Bonchev–Trinajstić information content (AvgIpc) is 2.43. The second kappa shape index (κ2) is 5.85. The van der Waals surface area contributed by atoms with Gasteiger partial charge in [0, 0.05) is 18.5 Å². The molecule has 3 nitrogen and oxygen atoms in total. The lowest BCUT2D eigenvalue weighted by Crippen LogP contribution is -2.38. The Labute approximate surface area is 113 Å². The van der Waals surface area contributed by atoms with E-state index in [2.05, 4.69) is 23.5 Å². The molecule has 2 unspecified atom stereocenters. The summed E-state index contributed by atoms with van der Waals surface area (Å²) in [7, 11) is 0. The first-order valence-electron chi connectivity index (χ1n) is 6.59. The quantitative estimate of drug-likeness (QED) is 0.882. The molecule has 0 fully saturated rings. The lowest BCUT2D eigenvalue weighted by Gasteiger charge is -2.16. The Kier molecular flexibility index (Phi) is 4.17. The first-order chi connectivity index (χ1) is 9.09. The van der Waals surface area contributed by atoms with Crippen LogP contribution in [0.15, 0.2) is 42.5 Å². The molecule has 19 heavy (non-hydrogen) atoms.